The average Bonchev–Trinajstić information content (AvgIpc) is 2.49. The van der Waals surface area contributed by atoms with Crippen LogP contribution in [-0.2, 0) is 11.3 Å². The third-order valence-corrected chi connectivity index (χ3v) is 3.95. The van der Waals surface area contributed by atoms with Gasteiger partial charge < -0.3 is 15.6 Å². The zero-order valence-electron chi connectivity index (χ0n) is 14.4. The van der Waals surface area contributed by atoms with E-state index in [4.69, 9.17) is 5.73 Å². The molecule has 1 atom stereocenters. The molecule has 0 aliphatic rings. The van der Waals surface area contributed by atoms with Crippen molar-refractivity contribution in [3.63, 3.8) is 0 Å². The molecule has 6 heteroatoms. The zero-order chi connectivity index (χ0) is 17.0. The molecule has 0 radical (unpaired) electrons. The van der Waals surface area contributed by atoms with Crippen LogP contribution >= 0.6 is 12.4 Å². The lowest BCUT2D eigenvalue weighted by atomic mass is 9.91. The van der Waals surface area contributed by atoms with Gasteiger partial charge in [0.05, 0.1) is 5.52 Å². The molecule has 0 saturated carbocycles. The van der Waals surface area contributed by atoms with Gasteiger partial charge in [-0.3, -0.25) is 9.59 Å². The summed E-state index contributed by atoms with van der Waals surface area (Å²) in [6, 6.07) is 8.79. The van der Waals surface area contributed by atoms with E-state index in [1.54, 1.807) is 16.8 Å². The van der Waals surface area contributed by atoms with Crippen LogP contribution in [0, 0.1) is 5.92 Å². The fraction of sp³-hybridized carbons (Fsp3) is 0.444. The van der Waals surface area contributed by atoms with E-state index >= 15 is 0 Å². The van der Waals surface area contributed by atoms with Crippen molar-refractivity contribution in [2.45, 2.75) is 39.3 Å². The molecule has 0 aliphatic heterocycles. The van der Waals surface area contributed by atoms with Gasteiger partial charge in [-0.25, -0.2) is 0 Å². The third kappa shape index (κ3) is 4.82. The summed E-state index contributed by atoms with van der Waals surface area (Å²) in [5, 5.41) is 3.66. The first-order valence-corrected chi connectivity index (χ1v) is 7.94. The number of rotatable bonds is 6. The number of carbonyl (C=O) groups is 1. The predicted octanol–water partition coefficient (Wildman–Crippen LogP) is 2.30. The second kappa shape index (κ2) is 8.31. The first kappa shape index (κ1) is 20.2. The van der Waals surface area contributed by atoms with Crippen molar-refractivity contribution in [1.82, 2.24) is 9.88 Å². The predicted molar refractivity (Wildman–Crippen MR) is 101 cm³/mol. The minimum Gasteiger partial charge on any atom is -0.348 e. The number of para-hydroxylation sites is 1. The van der Waals surface area contributed by atoms with Gasteiger partial charge in [-0.2, -0.15) is 0 Å². The molecule has 5 nitrogen and oxygen atoms in total. The van der Waals surface area contributed by atoms with Gasteiger partial charge in [-0.1, -0.05) is 26.0 Å². The summed E-state index contributed by atoms with van der Waals surface area (Å²) >= 11 is 0. The van der Waals surface area contributed by atoms with E-state index in [2.05, 4.69) is 19.2 Å². The number of halogens is 1. The molecule has 1 aromatic heterocycles. The topological polar surface area (TPSA) is 77.1 Å². The van der Waals surface area contributed by atoms with Crippen LogP contribution in [0.5, 0.6) is 0 Å². The van der Waals surface area contributed by atoms with Crippen LogP contribution in [0.25, 0.3) is 10.9 Å². The number of fused-ring (bicyclic) bond motifs is 1. The number of carbonyl (C=O) groups excluding carboxylic acids is 1. The van der Waals surface area contributed by atoms with Gasteiger partial charge in [-0.15, -0.1) is 12.4 Å². The van der Waals surface area contributed by atoms with Crippen LogP contribution in [0.3, 0.4) is 0 Å². The molecule has 1 unspecified atom stereocenters. The van der Waals surface area contributed by atoms with Crippen molar-refractivity contribution in [2.75, 3.05) is 6.54 Å². The summed E-state index contributed by atoms with van der Waals surface area (Å²) in [6.07, 6.45) is 2.48. The third-order valence-electron chi connectivity index (χ3n) is 3.95. The highest BCUT2D eigenvalue weighted by atomic mass is 35.5. The molecule has 2 aromatic rings. The highest BCUT2D eigenvalue weighted by Gasteiger charge is 2.25. The second-order valence-corrected chi connectivity index (χ2v) is 6.74. The Morgan fingerprint density at radius 2 is 1.96 bits per heavy atom. The van der Waals surface area contributed by atoms with E-state index in [0.29, 0.717) is 17.8 Å². The molecule has 0 aliphatic carbocycles. The van der Waals surface area contributed by atoms with Gasteiger partial charge in [0.1, 0.15) is 6.54 Å². The number of hydrogen-bond acceptors (Lipinski definition) is 3. The number of nitrogens with zero attached hydrogens (tertiary/aromatic N) is 1. The van der Waals surface area contributed by atoms with E-state index in [0.717, 1.165) is 11.9 Å². The number of pyridine rings is 1. The number of amides is 1. The molecule has 3 N–H and O–H groups in total. The lowest BCUT2D eigenvalue weighted by Gasteiger charge is -2.31. The summed E-state index contributed by atoms with van der Waals surface area (Å²) in [4.78, 5) is 24.3. The van der Waals surface area contributed by atoms with Crippen LogP contribution < -0.4 is 16.5 Å². The van der Waals surface area contributed by atoms with Crippen LogP contribution in [0.15, 0.2) is 41.3 Å². The maximum atomic E-state index is 12.4. The van der Waals surface area contributed by atoms with Gasteiger partial charge in [0, 0.05) is 29.7 Å². The molecular formula is C18H26ClN3O2. The lowest BCUT2D eigenvalue weighted by molar-refractivity contribution is -0.123. The van der Waals surface area contributed by atoms with E-state index < -0.39 is 5.54 Å². The van der Waals surface area contributed by atoms with Crippen LogP contribution in [0.1, 0.15) is 27.2 Å². The Kier molecular flexibility index (Phi) is 6.99. The molecule has 0 bridgehead atoms. The zero-order valence-corrected chi connectivity index (χ0v) is 15.2. The molecule has 24 heavy (non-hydrogen) atoms. The number of nitrogens with two attached hydrogens (primary N) is 1. The Labute approximate surface area is 148 Å². The second-order valence-electron chi connectivity index (χ2n) is 6.74. The molecule has 0 fully saturated rings. The molecular weight excluding hydrogens is 326 g/mol. The van der Waals surface area contributed by atoms with Gasteiger partial charge in [0.25, 0.3) is 0 Å². The Balaban J connectivity index is 0.00000288. The maximum absolute atomic E-state index is 12.4. The van der Waals surface area contributed by atoms with Crippen molar-refractivity contribution < 1.29 is 4.79 Å². The Bertz CT molecular complexity index is 757. The summed E-state index contributed by atoms with van der Waals surface area (Å²) < 4.78 is 1.79. The average molecular weight is 352 g/mol. The van der Waals surface area contributed by atoms with Crippen molar-refractivity contribution in [3.05, 3.63) is 46.8 Å². The van der Waals surface area contributed by atoms with Crippen LogP contribution in [-0.4, -0.2) is 22.6 Å². The molecule has 0 saturated heterocycles. The molecule has 132 valence electrons. The van der Waals surface area contributed by atoms with Crippen molar-refractivity contribution in [3.8, 4) is 0 Å². The van der Waals surface area contributed by atoms with Crippen molar-refractivity contribution in [2.24, 2.45) is 11.7 Å². The van der Waals surface area contributed by atoms with Gasteiger partial charge in [0.15, 0.2) is 5.43 Å². The highest BCUT2D eigenvalue weighted by molar-refractivity contribution is 5.85. The normalized spacial score (nSPS) is 13.4. The SMILES string of the molecule is CC(C)CC(C)(CN)NC(=O)Cn1ccc(=O)c2ccccc21.Cl. The number of nitrogens with one attached hydrogen (secondary N) is 1. The molecule has 1 heterocycles. The van der Waals surface area contributed by atoms with E-state index in [9.17, 15) is 9.59 Å². The maximum Gasteiger partial charge on any atom is 0.240 e. The molecule has 2 rings (SSSR count). The Morgan fingerprint density at radius 1 is 1.29 bits per heavy atom. The van der Waals surface area contributed by atoms with Gasteiger partial charge in [0.2, 0.25) is 5.91 Å². The van der Waals surface area contributed by atoms with E-state index in [1.807, 2.05) is 25.1 Å². The minimum atomic E-state index is -0.417. The molecule has 0 spiro atoms. The van der Waals surface area contributed by atoms with Gasteiger partial charge >= 0.3 is 0 Å². The summed E-state index contributed by atoms with van der Waals surface area (Å²) in [5.74, 6) is 0.337. The minimum absolute atomic E-state index is 0. The first-order chi connectivity index (χ1) is 10.8. The van der Waals surface area contributed by atoms with E-state index in [-0.39, 0.29) is 30.3 Å². The number of benzene rings is 1. The lowest BCUT2D eigenvalue weighted by Crippen LogP contribution is -2.53. The highest BCUT2D eigenvalue weighted by Crippen LogP contribution is 2.15. The standard InChI is InChI=1S/C18H25N3O2.ClH/c1-13(2)10-18(3,12-19)20-17(23)11-21-9-8-16(22)14-6-4-5-7-15(14)21;/h4-9,13H,10-12,19H2,1-3H3,(H,20,23);1H. The van der Waals surface area contributed by atoms with Crippen molar-refractivity contribution >= 4 is 29.2 Å². The monoisotopic (exact) mass is 351 g/mol. The number of aromatic nitrogens is 1. The summed E-state index contributed by atoms with van der Waals surface area (Å²) in [7, 11) is 0. The fourth-order valence-electron chi connectivity index (χ4n) is 3.02. The molecule has 1 amide bonds. The summed E-state index contributed by atoms with van der Waals surface area (Å²) in [5.41, 5.74) is 6.15. The fourth-order valence-corrected chi connectivity index (χ4v) is 3.02. The Hall–Kier alpha value is -1.85. The largest absolute Gasteiger partial charge is 0.348 e. The van der Waals surface area contributed by atoms with Gasteiger partial charge in [-0.05, 0) is 31.4 Å². The number of hydrogen-bond donors (Lipinski definition) is 2. The molecule has 1 aromatic carbocycles. The first-order valence-electron chi connectivity index (χ1n) is 7.94. The smallest absolute Gasteiger partial charge is 0.240 e. The Morgan fingerprint density at radius 3 is 2.58 bits per heavy atom. The van der Waals surface area contributed by atoms with Crippen molar-refractivity contribution in [1.29, 1.82) is 0 Å². The van der Waals surface area contributed by atoms with E-state index in [1.165, 1.54) is 6.07 Å². The van der Waals surface area contributed by atoms with Crippen LogP contribution in [0.2, 0.25) is 0 Å². The summed E-state index contributed by atoms with van der Waals surface area (Å²) in [6.45, 7) is 6.73. The quantitative estimate of drug-likeness (QED) is 0.838. The van der Waals surface area contributed by atoms with Crippen LogP contribution in [0.4, 0.5) is 0 Å².